The highest BCUT2D eigenvalue weighted by molar-refractivity contribution is 7.97. The van der Waals surface area contributed by atoms with Gasteiger partial charge in [-0.1, -0.05) is 37.6 Å². The van der Waals surface area contributed by atoms with Crippen LogP contribution in [0.25, 0.3) is 10.8 Å². The van der Waals surface area contributed by atoms with Crippen LogP contribution in [0.3, 0.4) is 0 Å². The van der Waals surface area contributed by atoms with Crippen molar-refractivity contribution in [2.24, 2.45) is 5.14 Å². The number of rotatable bonds is 5. The van der Waals surface area contributed by atoms with Crippen LogP contribution in [0.4, 0.5) is 5.69 Å². The average Bonchev–Trinajstić information content (AvgIpc) is 2.38. The highest BCUT2D eigenvalue weighted by Gasteiger charge is 2.03. The van der Waals surface area contributed by atoms with Gasteiger partial charge < -0.3 is 5.32 Å². The van der Waals surface area contributed by atoms with Gasteiger partial charge in [0.15, 0.2) is 0 Å². The van der Waals surface area contributed by atoms with Gasteiger partial charge in [-0.3, -0.25) is 5.14 Å². The minimum atomic E-state index is 1.02. The Bertz CT molecular complexity index is 497. The Balaban J connectivity index is 2.36. The standard InChI is InChI=1S/C14H18N2S/c1-2-3-10-16-13-8-4-7-12-11(13)6-5-9-14(12)17-15/h4-9,16H,2-3,10,15H2,1H3. The van der Waals surface area contributed by atoms with Crippen LogP contribution in [0.2, 0.25) is 0 Å². The van der Waals surface area contributed by atoms with Crippen LogP contribution in [-0.2, 0) is 0 Å². The zero-order valence-corrected chi connectivity index (χ0v) is 10.9. The number of unbranched alkanes of at least 4 members (excludes halogenated alkanes) is 1. The van der Waals surface area contributed by atoms with Crippen molar-refractivity contribution in [2.75, 3.05) is 11.9 Å². The van der Waals surface area contributed by atoms with Gasteiger partial charge in [-0.2, -0.15) is 0 Å². The number of hydrogen-bond donors (Lipinski definition) is 2. The van der Waals surface area contributed by atoms with Crippen molar-refractivity contribution in [1.82, 2.24) is 0 Å². The Morgan fingerprint density at radius 1 is 1.12 bits per heavy atom. The Morgan fingerprint density at radius 2 is 1.88 bits per heavy atom. The molecule has 0 fully saturated rings. The van der Waals surface area contributed by atoms with Crippen molar-refractivity contribution in [3.8, 4) is 0 Å². The van der Waals surface area contributed by atoms with Crippen molar-refractivity contribution in [3.05, 3.63) is 36.4 Å². The number of hydrogen-bond acceptors (Lipinski definition) is 3. The van der Waals surface area contributed by atoms with E-state index in [0.29, 0.717) is 0 Å². The fourth-order valence-electron chi connectivity index (χ4n) is 1.94. The van der Waals surface area contributed by atoms with E-state index in [1.54, 1.807) is 0 Å². The third-order valence-electron chi connectivity index (χ3n) is 2.85. The first-order valence-corrected chi connectivity index (χ1v) is 6.87. The number of fused-ring (bicyclic) bond motifs is 1. The Morgan fingerprint density at radius 3 is 2.65 bits per heavy atom. The summed E-state index contributed by atoms with van der Waals surface area (Å²) in [4.78, 5) is 1.13. The molecule has 0 bridgehead atoms. The van der Waals surface area contributed by atoms with Crippen LogP contribution in [-0.4, -0.2) is 6.54 Å². The highest BCUT2D eigenvalue weighted by Crippen LogP contribution is 2.29. The van der Waals surface area contributed by atoms with Gasteiger partial charge in [-0.25, -0.2) is 0 Å². The molecule has 0 aliphatic rings. The summed E-state index contributed by atoms with van der Waals surface area (Å²) >= 11 is 1.31. The number of nitrogens with two attached hydrogens (primary N) is 1. The molecule has 0 saturated heterocycles. The van der Waals surface area contributed by atoms with Gasteiger partial charge in [0.05, 0.1) is 0 Å². The lowest BCUT2D eigenvalue weighted by molar-refractivity contribution is 0.835. The second kappa shape index (κ2) is 5.94. The van der Waals surface area contributed by atoms with Crippen molar-refractivity contribution in [3.63, 3.8) is 0 Å². The molecule has 0 spiro atoms. The lowest BCUT2D eigenvalue weighted by Crippen LogP contribution is -2.01. The molecule has 0 aliphatic carbocycles. The van der Waals surface area contributed by atoms with Crippen molar-refractivity contribution < 1.29 is 0 Å². The van der Waals surface area contributed by atoms with E-state index in [4.69, 9.17) is 5.14 Å². The number of nitrogens with one attached hydrogen (secondary N) is 1. The zero-order valence-electron chi connectivity index (χ0n) is 10.1. The molecule has 0 atom stereocenters. The molecule has 2 aromatic rings. The van der Waals surface area contributed by atoms with Gasteiger partial charge >= 0.3 is 0 Å². The molecular weight excluding hydrogens is 228 g/mol. The van der Waals surface area contributed by atoms with E-state index in [0.717, 1.165) is 11.4 Å². The predicted octanol–water partition coefficient (Wildman–Crippen LogP) is 4.02. The Kier molecular flexibility index (Phi) is 4.29. The van der Waals surface area contributed by atoms with Gasteiger partial charge in [0.1, 0.15) is 0 Å². The summed E-state index contributed by atoms with van der Waals surface area (Å²) in [5, 5.41) is 11.6. The lowest BCUT2D eigenvalue weighted by Gasteiger charge is -2.11. The van der Waals surface area contributed by atoms with E-state index < -0.39 is 0 Å². The molecule has 3 heteroatoms. The topological polar surface area (TPSA) is 38.0 Å². The van der Waals surface area contributed by atoms with Gasteiger partial charge in [0.25, 0.3) is 0 Å². The maximum absolute atomic E-state index is 5.68. The number of benzene rings is 2. The van der Waals surface area contributed by atoms with Gasteiger partial charge in [0.2, 0.25) is 0 Å². The molecule has 2 aromatic carbocycles. The third-order valence-corrected chi connectivity index (χ3v) is 3.46. The highest BCUT2D eigenvalue weighted by atomic mass is 32.2. The molecule has 0 amide bonds. The van der Waals surface area contributed by atoms with Crippen molar-refractivity contribution >= 4 is 28.4 Å². The van der Waals surface area contributed by atoms with E-state index in [-0.39, 0.29) is 0 Å². The van der Waals surface area contributed by atoms with Crippen LogP contribution in [0.5, 0.6) is 0 Å². The first-order valence-electron chi connectivity index (χ1n) is 5.99. The second-order valence-electron chi connectivity index (χ2n) is 4.06. The first-order chi connectivity index (χ1) is 8.36. The average molecular weight is 246 g/mol. The monoisotopic (exact) mass is 246 g/mol. The van der Waals surface area contributed by atoms with E-state index in [1.165, 1.54) is 41.2 Å². The molecule has 0 heterocycles. The zero-order chi connectivity index (χ0) is 12.1. The molecular formula is C14H18N2S. The minimum absolute atomic E-state index is 1.02. The SMILES string of the molecule is CCCCNc1cccc2c(SN)cccc12. The lowest BCUT2D eigenvalue weighted by atomic mass is 10.1. The van der Waals surface area contributed by atoms with E-state index in [2.05, 4.69) is 48.6 Å². The van der Waals surface area contributed by atoms with E-state index >= 15 is 0 Å². The molecule has 90 valence electrons. The molecule has 0 saturated carbocycles. The summed E-state index contributed by atoms with van der Waals surface area (Å²) in [6, 6.07) is 12.6. The molecule has 17 heavy (non-hydrogen) atoms. The Hall–Kier alpha value is -1.19. The van der Waals surface area contributed by atoms with Gasteiger partial charge in [-0.05, 0) is 35.9 Å². The van der Waals surface area contributed by atoms with Crippen LogP contribution in [0, 0.1) is 0 Å². The third kappa shape index (κ3) is 2.73. The second-order valence-corrected chi connectivity index (χ2v) is 4.73. The van der Waals surface area contributed by atoms with Crippen molar-refractivity contribution in [1.29, 1.82) is 0 Å². The summed E-state index contributed by atoms with van der Waals surface area (Å²) in [7, 11) is 0. The quantitative estimate of drug-likeness (QED) is 0.618. The van der Waals surface area contributed by atoms with E-state index in [1.807, 2.05) is 0 Å². The van der Waals surface area contributed by atoms with Gasteiger partial charge in [-0.15, -0.1) is 0 Å². The van der Waals surface area contributed by atoms with Crippen molar-refractivity contribution in [2.45, 2.75) is 24.7 Å². The summed E-state index contributed by atoms with van der Waals surface area (Å²) in [5.41, 5.74) is 1.20. The van der Waals surface area contributed by atoms with Crippen LogP contribution < -0.4 is 10.5 Å². The van der Waals surface area contributed by atoms with Gasteiger partial charge in [0, 0.05) is 22.5 Å². The summed E-state index contributed by atoms with van der Waals surface area (Å²) in [5.74, 6) is 0. The molecule has 0 radical (unpaired) electrons. The summed E-state index contributed by atoms with van der Waals surface area (Å²) in [6.07, 6.45) is 2.41. The fourth-order valence-corrected chi connectivity index (χ4v) is 2.40. The van der Waals surface area contributed by atoms with Crippen LogP contribution >= 0.6 is 11.9 Å². The largest absolute Gasteiger partial charge is 0.385 e. The number of anilines is 1. The maximum atomic E-state index is 5.68. The van der Waals surface area contributed by atoms with E-state index in [9.17, 15) is 0 Å². The Labute approximate surface area is 107 Å². The summed E-state index contributed by atoms with van der Waals surface area (Å²) < 4.78 is 0. The minimum Gasteiger partial charge on any atom is -0.385 e. The summed E-state index contributed by atoms with van der Waals surface area (Å²) in [6.45, 7) is 3.23. The smallest absolute Gasteiger partial charge is 0.0420 e. The molecule has 0 unspecified atom stereocenters. The first kappa shape index (κ1) is 12.3. The normalized spacial score (nSPS) is 10.7. The molecule has 0 aromatic heterocycles. The van der Waals surface area contributed by atoms with Crippen LogP contribution in [0.1, 0.15) is 19.8 Å². The molecule has 3 N–H and O–H groups in total. The maximum Gasteiger partial charge on any atom is 0.0420 e. The molecule has 2 rings (SSSR count). The molecule has 2 nitrogen and oxygen atoms in total. The fraction of sp³-hybridized carbons (Fsp3) is 0.286. The molecule has 0 aliphatic heterocycles. The predicted molar refractivity (Wildman–Crippen MR) is 77.4 cm³/mol. The van der Waals surface area contributed by atoms with Crippen LogP contribution in [0.15, 0.2) is 41.3 Å².